The van der Waals surface area contributed by atoms with E-state index in [9.17, 15) is 9.90 Å². The molecular weight excluding hydrogens is 226 g/mol. The minimum absolute atomic E-state index is 0.430. The average molecular weight is 243 g/mol. The van der Waals surface area contributed by atoms with Crippen LogP contribution in [0.4, 0.5) is 0 Å². The van der Waals surface area contributed by atoms with Gasteiger partial charge in [-0.3, -0.25) is 4.79 Å². The fraction of sp³-hybridized carbons (Fsp3) is 0.467. The van der Waals surface area contributed by atoms with E-state index < -0.39 is 11.9 Å². The quantitative estimate of drug-likeness (QED) is 0.882. The van der Waals surface area contributed by atoms with Gasteiger partial charge in [0.25, 0.3) is 0 Å². The first-order valence-electron chi connectivity index (χ1n) is 6.43. The Morgan fingerprint density at radius 3 is 2.44 bits per heavy atom. The van der Waals surface area contributed by atoms with E-state index in [1.807, 2.05) is 6.07 Å². The fourth-order valence-electron chi connectivity index (χ4n) is 2.75. The zero-order valence-corrected chi connectivity index (χ0v) is 10.3. The molecule has 0 spiro atoms. The fourth-order valence-corrected chi connectivity index (χ4v) is 2.75. The van der Waals surface area contributed by atoms with Gasteiger partial charge in [-0.1, -0.05) is 37.8 Å². The lowest BCUT2D eigenvalue weighted by molar-refractivity contribution is -0.139. The Balaban J connectivity index is 2.13. The second-order valence-corrected chi connectivity index (χ2v) is 5.01. The van der Waals surface area contributed by atoms with Crippen LogP contribution in [0.5, 0.6) is 0 Å². The molecule has 0 amide bonds. The molecular formula is C15H17NO2. The molecule has 94 valence electrons. The minimum Gasteiger partial charge on any atom is -0.481 e. The first-order chi connectivity index (χ1) is 8.70. The summed E-state index contributed by atoms with van der Waals surface area (Å²) in [5, 5.41) is 18.1. The van der Waals surface area contributed by atoms with Crippen LogP contribution in [0.2, 0.25) is 0 Å². The van der Waals surface area contributed by atoms with E-state index in [4.69, 9.17) is 5.26 Å². The zero-order valence-electron chi connectivity index (χ0n) is 10.3. The maximum Gasteiger partial charge on any atom is 0.310 e. The van der Waals surface area contributed by atoms with Crippen molar-refractivity contribution in [3.05, 3.63) is 35.4 Å². The van der Waals surface area contributed by atoms with E-state index >= 15 is 0 Å². The van der Waals surface area contributed by atoms with Crippen molar-refractivity contribution in [2.45, 2.75) is 38.0 Å². The summed E-state index contributed by atoms with van der Waals surface area (Å²) in [5.74, 6) is -0.644. The van der Waals surface area contributed by atoms with Crippen LogP contribution in [-0.4, -0.2) is 11.1 Å². The SMILES string of the molecule is N#Cc1ccc([C@@H](CC2CCCC2)C(=O)O)cc1. The maximum atomic E-state index is 11.4. The molecule has 1 N–H and O–H groups in total. The highest BCUT2D eigenvalue weighted by Crippen LogP contribution is 2.34. The number of nitriles is 1. The van der Waals surface area contributed by atoms with E-state index in [1.165, 1.54) is 12.8 Å². The van der Waals surface area contributed by atoms with Crippen molar-refractivity contribution >= 4 is 5.97 Å². The van der Waals surface area contributed by atoms with Gasteiger partial charge >= 0.3 is 5.97 Å². The molecule has 1 atom stereocenters. The summed E-state index contributed by atoms with van der Waals surface area (Å²) in [7, 11) is 0. The van der Waals surface area contributed by atoms with Gasteiger partial charge in [-0.15, -0.1) is 0 Å². The van der Waals surface area contributed by atoms with Crippen molar-refractivity contribution in [2.24, 2.45) is 5.92 Å². The van der Waals surface area contributed by atoms with Crippen molar-refractivity contribution in [3.63, 3.8) is 0 Å². The van der Waals surface area contributed by atoms with E-state index in [0.717, 1.165) is 24.8 Å². The molecule has 1 fully saturated rings. The van der Waals surface area contributed by atoms with Gasteiger partial charge in [0.1, 0.15) is 0 Å². The van der Waals surface area contributed by atoms with Crippen LogP contribution in [0.3, 0.4) is 0 Å². The predicted molar refractivity (Wildman–Crippen MR) is 68.1 cm³/mol. The largest absolute Gasteiger partial charge is 0.481 e. The number of rotatable bonds is 4. The molecule has 0 aliphatic heterocycles. The van der Waals surface area contributed by atoms with Gasteiger partial charge in [-0.2, -0.15) is 5.26 Å². The van der Waals surface area contributed by atoms with E-state index in [0.29, 0.717) is 11.5 Å². The molecule has 2 rings (SSSR count). The number of aliphatic carboxylic acids is 1. The summed E-state index contributed by atoms with van der Waals surface area (Å²) in [6.07, 6.45) is 5.48. The van der Waals surface area contributed by atoms with Crippen molar-refractivity contribution in [3.8, 4) is 6.07 Å². The molecule has 1 aromatic rings. The van der Waals surface area contributed by atoms with Crippen molar-refractivity contribution in [2.75, 3.05) is 0 Å². The van der Waals surface area contributed by atoms with E-state index in [2.05, 4.69) is 0 Å². The number of carboxylic acid groups (broad SMARTS) is 1. The Morgan fingerprint density at radius 2 is 1.94 bits per heavy atom. The third-order valence-corrected chi connectivity index (χ3v) is 3.78. The highest BCUT2D eigenvalue weighted by atomic mass is 16.4. The highest BCUT2D eigenvalue weighted by molar-refractivity contribution is 5.76. The first kappa shape index (κ1) is 12.6. The molecule has 1 saturated carbocycles. The monoisotopic (exact) mass is 243 g/mol. The summed E-state index contributed by atoms with van der Waals surface area (Å²) < 4.78 is 0. The van der Waals surface area contributed by atoms with Crippen LogP contribution >= 0.6 is 0 Å². The standard InChI is InChI=1S/C15H17NO2/c16-10-12-5-7-13(8-6-12)14(15(17)18)9-11-3-1-2-4-11/h5-8,11,14H,1-4,9H2,(H,17,18)/t14-/m1/s1. The van der Waals surface area contributed by atoms with Crippen LogP contribution in [0.1, 0.15) is 49.1 Å². The second kappa shape index (κ2) is 5.68. The van der Waals surface area contributed by atoms with Crippen LogP contribution in [-0.2, 0) is 4.79 Å². The van der Waals surface area contributed by atoms with E-state index in [-0.39, 0.29) is 0 Å². The van der Waals surface area contributed by atoms with Gasteiger partial charge in [0.05, 0.1) is 17.6 Å². The molecule has 3 nitrogen and oxygen atoms in total. The summed E-state index contributed by atoms with van der Waals surface area (Å²) >= 11 is 0. The Morgan fingerprint density at radius 1 is 1.33 bits per heavy atom. The van der Waals surface area contributed by atoms with Gasteiger partial charge in [-0.25, -0.2) is 0 Å². The van der Waals surface area contributed by atoms with Gasteiger partial charge in [0, 0.05) is 0 Å². The molecule has 1 aromatic carbocycles. The van der Waals surface area contributed by atoms with Gasteiger partial charge in [0.2, 0.25) is 0 Å². The van der Waals surface area contributed by atoms with Gasteiger partial charge in [-0.05, 0) is 30.0 Å². The molecule has 0 saturated heterocycles. The maximum absolute atomic E-state index is 11.4. The van der Waals surface area contributed by atoms with Crippen molar-refractivity contribution in [1.29, 1.82) is 5.26 Å². The van der Waals surface area contributed by atoms with E-state index in [1.54, 1.807) is 24.3 Å². The summed E-state index contributed by atoms with van der Waals surface area (Å²) in [6, 6.07) is 8.98. The normalized spacial score (nSPS) is 17.3. The molecule has 3 heteroatoms. The summed E-state index contributed by atoms with van der Waals surface area (Å²) in [4.78, 5) is 11.4. The van der Waals surface area contributed by atoms with Crippen molar-refractivity contribution < 1.29 is 9.90 Å². The number of nitrogens with zero attached hydrogens (tertiary/aromatic N) is 1. The molecule has 1 aliphatic carbocycles. The smallest absolute Gasteiger partial charge is 0.310 e. The molecule has 0 bridgehead atoms. The van der Waals surface area contributed by atoms with Crippen LogP contribution in [0.15, 0.2) is 24.3 Å². The molecule has 1 aliphatic rings. The number of carboxylic acids is 1. The number of hydrogen-bond donors (Lipinski definition) is 1. The van der Waals surface area contributed by atoms with Crippen LogP contribution in [0, 0.1) is 17.2 Å². The first-order valence-corrected chi connectivity index (χ1v) is 6.43. The number of carbonyl (C=O) groups is 1. The molecule has 0 aromatic heterocycles. The molecule has 18 heavy (non-hydrogen) atoms. The molecule has 0 radical (unpaired) electrons. The minimum atomic E-state index is -0.758. The summed E-state index contributed by atoms with van der Waals surface area (Å²) in [6.45, 7) is 0. The third kappa shape index (κ3) is 2.89. The number of hydrogen-bond acceptors (Lipinski definition) is 2. The lowest BCUT2D eigenvalue weighted by Gasteiger charge is -2.17. The van der Waals surface area contributed by atoms with Gasteiger partial charge < -0.3 is 5.11 Å². The lowest BCUT2D eigenvalue weighted by atomic mass is 9.88. The van der Waals surface area contributed by atoms with Crippen molar-refractivity contribution in [1.82, 2.24) is 0 Å². The summed E-state index contributed by atoms with van der Waals surface area (Å²) in [5.41, 5.74) is 1.39. The lowest BCUT2D eigenvalue weighted by Crippen LogP contribution is -2.15. The van der Waals surface area contributed by atoms with Gasteiger partial charge in [0.15, 0.2) is 0 Å². The second-order valence-electron chi connectivity index (χ2n) is 5.01. The number of benzene rings is 1. The van der Waals surface area contributed by atoms with Crippen LogP contribution < -0.4 is 0 Å². The molecule has 0 heterocycles. The molecule has 0 unspecified atom stereocenters. The topological polar surface area (TPSA) is 61.1 Å². The Bertz CT molecular complexity index is 452. The Hall–Kier alpha value is -1.82. The zero-order chi connectivity index (χ0) is 13.0. The Labute approximate surface area is 107 Å². The predicted octanol–water partition coefficient (Wildman–Crippen LogP) is 3.31. The highest BCUT2D eigenvalue weighted by Gasteiger charge is 2.26. The van der Waals surface area contributed by atoms with Crippen LogP contribution in [0.25, 0.3) is 0 Å². The average Bonchev–Trinajstić information content (AvgIpc) is 2.89. The third-order valence-electron chi connectivity index (χ3n) is 3.78. The Kier molecular flexibility index (Phi) is 3.99.